The topological polar surface area (TPSA) is 88.5 Å². The molecule has 0 aromatic heterocycles. The van der Waals surface area contributed by atoms with Gasteiger partial charge in [0.15, 0.2) is 17.3 Å². The number of Topliss-reactive ketones (excluding diaryl/α,β-unsaturated/α-hetero) is 2. The molecule has 0 spiro atoms. The number of carbonyl (C=O) groups is 4. The minimum atomic E-state index is -1.29. The van der Waals surface area contributed by atoms with Crippen molar-refractivity contribution < 1.29 is 27.1 Å². The summed E-state index contributed by atoms with van der Waals surface area (Å²) in [6.07, 6.45) is 0.623. The third-order valence-electron chi connectivity index (χ3n) is 2.23. The molecule has 0 amide bonds. The van der Waals surface area contributed by atoms with E-state index in [2.05, 4.69) is 0 Å². The maximum atomic E-state index is 11.4. The van der Waals surface area contributed by atoms with Crippen molar-refractivity contribution in [2.24, 2.45) is 5.92 Å². The third-order valence-corrected chi connectivity index (χ3v) is 2.23. The fourth-order valence-corrected chi connectivity index (χ4v) is 1.43. The Labute approximate surface area is 125 Å². The van der Waals surface area contributed by atoms with Gasteiger partial charge >= 0.3 is 43.7 Å². The Kier molecular flexibility index (Phi) is 6.07. The van der Waals surface area contributed by atoms with Crippen molar-refractivity contribution >= 4 is 61.1 Å². The van der Waals surface area contributed by atoms with Gasteiger partial charge in [0.25, 0.3) is 0 Å². The van der Waals surface area contributed by atoms with Crippen LogP contribution in [0.2, 0.25) is 0 Å². The van der Waals surface area contributed by atoms with E-state index in [1.807, 2.05) is 0 Å². The summed E-state index contributed by atoms with van der Waals surface area (Å²) in [6.45, 7) is 1.55. The van der Waals surface area contributed by atoms with E-state index in [1.165, 1.54) is 0 Å². The number of carboxylic acid groups (broad SMARTS) is 1. The molecule has 1 rings (SSSR count). The predicted molar refractivity (Wildman–Crippen MR) is 57.1 cm³/mol. The van der Waals surface area contributed by atoms with Crippen molar-refractivity contribution in [1.82, 2.24) is 0 Å². The van der Waals surface area contributed by atoms with Gasteiger partial charge in [-0.05, 0) is 6.08 Å². The molecule has 1 aliphatic carbocycles. The van der Waals surface area contributed by atoms with Gasteiger partial charge in [0.1, 0.15) is 5.92 Å². The van der Waals surface area contributed by atoms with Gasteiger partial charge in [0, 0.05) is 18.4 Å². The van der Waals surface area contributed by atoms with Crippen molar-refractivity contribution in [3.05, 3.63) is 11.6 Å². The molecule has 0 aromatic rings. The van der Waals surface area contributed by atoms with Gasteiger partial charge in [-0.15, -0.1) is 0 Å². The Hall–Kier alpha value is -0.520. The number of carbonyl (C=O) groups excluding carboxylic acids is 3. The first kappa shape index (κ1) is 15.5. The van der Waals surface area contributed by atoms with E-state index in [0.717, 1.165) is 6.08 Å². The van der Waals surface area contributed by atoms with E-state index in [4.69, 9.17) is 5.11 Å². The molecule has 1 unspecified atom stereocenters. The molecule has 1 aliphatic rings. The molecular weight excluding hydrogens is 240 g/mol. The fourth-order valence-electron chi connectivity index (χ4n) is 1.43. The number of rotatable bonds is 3. The minimum absolute atomic E-state index is 0. The van der Waals surface area contributed by atoms with Crippen LogP contribution in [-0.4, -0.2) is 66.2 Å². The first-order chi connectivity index (χ1) is 6.97. The molecule has 0 heterocycles. The van der Waals surface area contributed by atoms with Gasteiger partial charge in [-0.2, -0.15) is 0 Å². The van der Waals surface area contributed by atoms with Gasteiger partial charge in [-0.1, -0.05) is 6.92 Å². The van der Waals surface area contributed by atoms with Crippen LogP contribution in [0.25, 0.3) is 0 Å². The van der Waals surface area contributed by atoms with Crippen LogP contribution < -0.4 is 0 Å². The van der Waals surface area contributed by atoms with Crippen LogP contribution in [0.3, 0.4) is 0 Å². The largest absolute Gasteiger partial charge is 2.00 e. The summed E-state index contributed by atoms with van der Waals surface area (Å²) in [5, 5.41) is 8.60. The van der Waals surface area contributed by atoms with Crippen LogP contribution in [-0.2, 0) is 19.2 Å². The quantitative estimate of drug-likeness (QED) is 0.563. The molecule has 0 radical (unpaired) electrons. The number of allylic oxidation sites excluding steroid dienone is 1. The number of hydrogen-bond donors (Lipinski definition) is 1. The zero-order valence-corrected chi connectivity index (χ0v) is 11.1. The number of aliphatic carboxylic acids is 1. The van der Waals surface area contributed by atoms with Crippen LogP contribution in [0.1, 0.15) is 22.6 Å². The standard InChI is InChI=1S/C10H10O5.Ca.2H/c1-2-6(11)9-7(12)3-5(10(14)15)4-8(9)13;;;/h3,9H,2,4H2,1H3,(H,14,15);;;/q;+2;2*-1. The third kappa shape index (κ3) is 3.23. The van der Waals surface area contributed by atoms with Gasteiger partial charge in [0.2, 0.25) is 0 Å². The van der Waals surface area contributed by atoms with Gasteiger partial charge in [0.05, 0.1) is 0 Å². The van der Waals surface area contributed by atoms with E-state index in [9.17, 15) is 19.2 Å². The molecular formula is C10H12CaO5. The van der Waals surface area contributed by atoms with E-state index < -0.39 is 29.2 Å². The van der Waals surface area contributed by atoms with Crippen molar-refractivity contribution in [3.63, 3.8) is 0 Å². The maximum absolute atomic E-state index is 11.4. The average molecular weight is 252 g/mol. The maximum Gasteiger partial charge on any atom is 2.00 e. The monoisotopic (exact) mass is 252 g/mol. The smallest absolute Gasteiger partial charge is 1.00 e. The Bertz CT molecular complexity index is 392. The number of carboxylic acids is 1. The summed E-state index contributed by atoms with van der Waals surface area (Å²) in [4.78, 5) is 44.5. The van der Waals surface area contributed by atoms with Crippen LogP contribution in [0.15, 0.2) is 11.6 Å². The van der Waals surface area contributed by atoms with E-state index in [0.29, 0.717) is 0 Å². The average Bonchev–Trinajstić information content (AvgIpc) is 2.16. The molecule has 16 heavy (non-hydrogen) atoms. The molecule has 5 nitrogen and oxygen atoms in total. The van der Waals surface area contributed by atoms with Gasteiger partial charge < -0.3 is 7.96 Å². The van der Waals surface area contributed by atoms with Crippen molar-refractivity contribution in [3.8, 4) is 0 Å². The normalized spacial score (nSPS) is 19.8. The zero-order valence-electron chi connectivity index (χ0n) is 10.9. The number of hydrogen-bond acceptors (Lipinski definition) is 4. The minimum Gasteiger partial charge on any atom is -1.00 e. The second-order valence-corrected chi connectivity index (χ2v) is 3.27. The van der Waals surface area contributed by atoms with Crippen LogP contribution in [0.4, 0.5) is 0 Å². The summed E-state index contributed by atoms with van der Waals surface area (Å²) < 4.78 is 0. The first-order valence-corrected chi connectivity index (χ1v) is 4.50. The summed E-state index contributed by atoms with van der Waals surface area (Å²) in [6, 6.07) is 0. The molecule has 84 valence electrons. The molecule has 0 fully saturated rings. The van der Waals surface area contributed by atoms with Crippen molar-refractivity contribution in [1.29, 1.82) is 0 Å². The van der Waals surface area contributed by atoms with Gasteiger partial charge in [-0.3, -0.25) is 14.4 Å². The predicted octanol–water partition coefficient (Wildman–Crippen LogP) is -0.0212. The molecule has 0 saturated carbocycles. The molecule has 0 saturated heterocycles. The van der Waals surface area contributed by atoms with E-state index >= 15 is 0 Å². The summed E-state index contributed by atoms with van der Waals surface area (Å²) in [5.74, 6) is -4.36. The number of ketones is 3. The summed E-state index contributed by atoms with van der Waals surface area (Å²) in [5.41, 5.74) is -0.245. The Morgan fingerprint density at radius 3 is 2.44 bits per heavy atom. The zero-order chi connectivity index (χ0) is 11.6. The molecule has 1 atom stereocenters. The van der Waals surface area contributed by atoms with Crippen molar-refractivity contribution in [2.75, 3.05) is 0 Å². The summed E-state index contributed by atoms with van der Waals surface area (Å²) in [7, 11) is 0. The van der Waals surface area contributed by atoms with Gasteiger partial charge in [-0.25, -0.2) is 4.79 Å². The Balaban J connectivity index is -0.000000750. The molecule has 0 aliphatic heterocycles. The van der Waals surface area contributed by atoms with Crippen LogP contribution in [0, 0.1) is 5.92 Å². The van der Waals surface area contributed by atoms with Crippen LogP contribution >= 0.6 is 0 Å². The molecule has 0 bridgehead atoms. The SMILES string of the molecule is CCC(=O)C1C(=O)C=C(C(=O)O)CC1=O.[Ca+2].[H-].[H-]. The van der Waals surface area contributed by atoms with E-state index in [1.54, 1.807) is 6.92 Å². The summed E-state index contributed by atoms with van der Waals surface area (Å²) >= 11 is 0. The Morgan fingerprint density at radius 1 is 1.50 bits per heavy atom. The molecule has 6 heteroatoms. The molecule has 1 N–H and O–H groups in total. The Morgan fingerprint density at radius 2 is 2.06 bits per heavy atom. The first-order valence-electron chi connectivity index (χ1n) is 4.50. The molecule has 0 aromatic carbocycles. The van der Waals surface area contributed by atoms with E-state index in [-0.39, 0.29) is 59.0 Å². The second-order valence-electron chi connectivity index (χ2n) is 3.27. The van der Waals surface area contributed by atoms with Crippen LogP contribution in [0.5, 0.6) is 0 Å². The fraction of sp³-hybridized carbons (Fsp3) is 0.400. The second kappa shape index (κ2) is 6.27. The van der Waals surface area contributed by atoms with Crippen molar-refractivity contribution in [2.45, 2.75) is 19.8 Å².